The maximum absolute atomic E-state index is 12.7. The fourth-order valence-electron chi connectivity index (χ4n) is 4.48. The van der Waals surface area contributed by atoms with Gasteiger partial charge in [0.05, 0.1) is 6.54 Å². The molecule has 3 aliphatic heterocycles. The van der Waals surface area contributed by atoms with E-state index in [9.17, 15) is 4.79 Å². The van der Waals surface area contributed by atoms with Gasteiger partial charge in [-0.1, -0.05) is 6.42 Å². The van der Waals surface area contributed by atoms with Crippen LogP contribution >= 0.6 is 0 Å². The van der Waals surface area contributed by atoms with Gasteiger partial charge in [-0.25, -0.2) is 0 Å². The van der Waals surface area contributed by atoms with Gasteiger partial charge < -0.3 is 9.80 Å². The van der Waals surface area contributed by atoms with E-state index >= 15 is 0 Å². The molecule has 2 atom stereocenters. The van der Waals surface area contributed by atoms with Crippen molar-refractivity contribution in [2.24, 2.45) is 0 Å². The molecule has 0 aliphatic carbocycles. The summed E-state index contributed by atoms with van der Waals surface area (Å²) in [6.45, 7) is 8.68. The zero-order valence-corrected chi connectivity index (χ0v) is 14.3. The highest BCUT2D eigenvalue weighted by Gasteiger charge is 2.31. The number of piperidine rings is 2. The van der Waals surface area contributed by atoms with Crippen LogP contribution in [0.25, 0.3) is 0 Å². The van der Waals surface area contributed by atoms with Crippen molar-refractivity contribution in [3.63, 3.8) is 0 Å². The fraction of sp³-hybridized carbons (Fsp3) is 0.944. The van der Waals surface area contributed by atoms with Gasteiger partial charge >= 0.3 is 0 Å². The SMILES string of the molecule is C[C@@H]1CCCCN1C(=O)CN1CCC[C@@H]1CN1CCCCC1. The zero-order valence-electron chi connectivity index (χ0n) is 14.3. The predicted molar refractivity (Wildman–Crippen MR) is 89.9 cm³/mol. The highest BCUT2D eigenvalue weighted by Crippen LogP contribution is 2.22. The van der Waals surface area contributed by atoms with Crippen LogP contribution in [0, 0.1) is 0 Å². The molecule has 0 spiro atoms. The van der Waals surface area contributed by atoms with Gasteiger partial charge in [0.15, 0.2) is 0 Å². The molecular formula is C18H33N3O. The van der Waals surface area contributed by atoms with Gasteiger partial charge in [0.25, 0.3) is 0 Å². The molecular weight excluding hydrogens is 274 g/mol. The quantitative estimate of drug-likeness (QED) is 0.797. The molecule has 0 unspecified atom stereocenters. The number of amides is 1. The lowest BCUT2D eigenvalue weighted by atomic mass is 10.0. The molecule has 0 saturated carbocycles. The summed E-state index contributed by atoms with van der Waals surface area (Å²) < 4.78 is 0. The average Bonchev–Trinajstić information content (AvgIpc) is 2.95. The number of hydrogen-bond acceptors (Lipinski definition) is 3. The van der Waals surface area contributed by atoms with Crippen LogP contribution < -0.4 is 0 Å². The molecule has 3 aliphatic rings. The van der Waals surface area contributed by atoms with Crippen LogP contribution in [0.3, 0.4) is 0 Å². The molecule has 0 aromatic rings. The molecule has 3 fully saturated rings. The Morgan fingerprint density at radius 2 is 1.68 bits per heavy atom. The summed E-state index contributed by atoms with van der Waals surface area (Å²) in [5.41, 5.74) is 0. The van der Waals surface area contributed by atoms with E-state index in [0.29, 0.717) is 24.5 Å². The van der Waals surface area contributed by atoms with Crippen LogP contribution in [-0.2, 0) is 4.79 Å². The monoisotopic (exact) mass is 307 g/mol. The van der Waals surface area contributed by atoms with Crippen molar-refractivity contribution in [1.82, 2.24) is 14.7 Å². The Balaban J connectivity index is 1.50. The van der Waals surface area contributed by atoms with E-state index in [1.165, 1.54) is 71.0 Å². The third-order valence-electron chi connectivity index (χ3n) is 5.88. The maximum Gasteiger partial charge on any atom is 0.236 e. The smallest absolute Gasteiger partial charge is 0.236 e. The summed E-state index contributed by atoms with van der Waals surface area (Å²) in [5.74, 6) is 0.373. The first-order chi connectivity index (χ1) is 10.7. The minimum atomic E-state index is 0.373. The number of nitrogens with zero attached hydrogens (tertiary/aromatic N) is 3. The van der Waals surface area contributed by atoms with Crippen molar-refractivity contribution in [2.45, 2.75) is 70.4 Å². The summed E-state index contributed by atoms with van der Waals surface area (Å²) in [4.78, 5) is 19.9. The van der Waals surface area contributed by atoms with Gasteiger partial charge in [-0.2, -0.15) is 0 Å². The van der Waals surface area contributed by atoms with Crippen molar-refractivity contribution in [3.05, 3.63) is 0 Å². The number of carbonyl (C=O) groups is 1. The van der Waals surface area contributed by atoms with Gasteiger partial charge in [0, 0.05) is 25.2 Å². The maximum atomic E-state index is 12.7. The topological polar surface area (TPSA) is 26.8 Å². The van der Waals surface area contributed by atoms with Gasteiger partial charge in [0.2, 0.25) is 5.91 Å². The van der Waals surface area contributed by atoms with Gasteiger partial charge in [-0.15, -0.1) is 0 Å². The van der Waals surface area contributed by atoms with Crippen molar-refractivity contribution >= 4 is 5.91 Å². The summed E-state index contributed by atoms with van der Waals surface area (Å²) in [6, 6.07) is 1.06. The summed E-state index contributed by atoms with van der Waals surface area (Å²) in [6.07, 6.45) is 10.3. The van der Waals surface area contributed by atoms with E-state index in [1.807, 2.05) is 0 Å². The minimum Gasteiger partial charge on any atom is -0.339 e. The molecule has 4 heteroatoms. The molecule has 1 amide bonds. The Kier molecular flexibility index (Phi) is 5.75. The van der Waals surface area contributed by atoms with Crippen molar-refractivity contribution in [2.75, 3.05) is 39.3 Å². The van der Waals surface area contributed by atoms with Crippen LogP contribution in [-0.4, -0.2) is 72.0 Å². The molecule has 126 valence electrons. The third kappa shape index (κ3) is 4.02. The summed E-state index contributed by atoms with van der Waals surface area (Å²) in [5, 5.41) is 0. The van der Waals surface area contributed by atoms with E-state index in [4.69, 9.17) is 0 Å². The molecule has 0 radical (unpaired) electrons. The zero-order chi connectivity index (χ0) is 15.4. The second-order valence-electron chi connectivity index (χ2n) is 7.56. The van der Waals surface area contributed by atoms with E-state index in [0.717, 1.165) is 13.1 Å². The fourth-order valence-corrected chi connectivity index (χ4v) is 4.48. The number of rotatable bonds is 4. The molecule has 3 rings (SSSR count). The normalized spacial score (nSPS) is 31.6. The Morgan fingerprint density at radius 3 is 2.45 bits per heavy atom. The molecule has 22 heavy (non-hydrogen) atoms. The average molecular weight is 307 g/mol. The van der Waals surface area contributed by atoms with Crippen molar-refractivity contribution in [1.29, 1.82) is 0 Å². The van der Waals surface area contributed by atoms with Crippen LogP contribution in [0.2, 0.25) is 0 Å². The van der Waals surface area contributed by atoms with Crippen molar-refractivity contribution < 1.29 is 4.79 Å². The molecule has 3 saturated heterocycles. The van der Waals surface area contributed by atoms with E-state index in [-0.39, 0.29) is 0 Å². The summed E-state index contributed by atoms with van der Waals surface area (Å²) >= 11 is 0. The lowest BCUT2D eigenvalue weighted by molar-refractivity contribution is -0.136. The molecule has 4 nitrogen and oxygen atoms in total. The lowest BCUT2D eigenvalue weighted by Gasteiger charge is -2.36. The Morgan fingerprint density at radius 1 is 0.909 bits per heavy atom. The first-order valence-electron chi connectivity index (χ1n) is 9.50. The molecule has 3 heterocycles. The lowest BCUT2D eigenvalue weighted by Crippen LogP contribution is -2.49. The minimum absolute atomic E-state index is 0.373. The Hall–Kier alpha value is -0.610. The molecule has 0 bridgehead atoms. The number of carbonyl (C=O) groups excluding carboxylic acids is 1. The first-order valence-corrected chi connectivity index (χ1v) is 9.50. The van der Waals surface area contributed by atoms with Gasteiger partial charge in [0.1, 0.15) is 0 Å². The van der Waals surface area contributed by atoms with Crippen LogP contribution in [0.1, 0.15) is 58.3 Å². The van der Waals surface area contributed by atoms with Gasteiger partial charge in [-0.05, 0) is 71.5 Å². The number of hydrogen-bond donors (Lipinski definition) is 0. The predicted octanol–water partition coefficient (Wildman–Crippen LogP) is 2.34. The van der Waals surface area contributed by atoms with Crippen molar-refractivity contribution in [3.8, 4) is 0 Å². The Bertz CT molecular complexity index is 367. The first kappa shape index (κ1) is 16.3. The standard InChI is InChI=1S/C18H33N3O/c1-16-8-3-6-13-21(16)18(22)15-20-12-7-9-17(20)14-19-10-4-2-5-11-19/h16-17H,2-15H2,1H3/t16-,17-/m1/s1. The second kappa shape index (κ2) is 7.78. The van der Waals surface area contributed by atoms with Gasteiger partial charge in [-0.3, -0.25) is 9.69 Å². The number of likely N-dealkylation sites (tertiary alicyclic amines) is 3. The highest BCUT2D eigenvalue weighted by molar-refractivity contribution is 5.78. The molecule has 0 N–H and O–H groups in total. The van der Waals surface area contributed by atoms with E-state index in [1.54, 1.807) is 0 Å². The Labute approximate surface area is 135 Å². The third-order valence-corrected chi connectivity index (χ3v) is 5.88. The largest absolute Gasteiger partial charge is 0.339 e. The molecule has 0 aromatic heterocycles. The van der Waals surface area contributed by atoms with E-state index in [2.05, 4.69) is 21.6 Å². The summed E-state index contributed by atoms with van der Waals surface area (Å²) in [7, 11) is 0. The van der Waals surface area contributed by atoms with Crippen LogP contribution in [0.4, 0.5) is 0 Å². The highest BCUT2D eigenvalue weighted by atomic mass is 16.2. The van der Waals surface area contributed by atoms with Crippen LogP contribution in [0.5, 0.6) is 0 Å². The molecule has 0 aromatic carbocycles. The van der Waals surface area contributed by atoms with Crippen LogP contribution in [0.15, 0.2) is 0 Å². The second-order valence-corrected chi connectivity index (χ2v) is 7.56. The van der Waals surface area contributed by atoms with E-state index < -0.39 is 0 Å².